The van der Waals surface area contributed by atoms with E-state index in [1.54, 1.807) is 18.2 Å². The molecule has 2 N–H and O–H groups in total. The van der Waals surface area contributed by atoms with Crippen molar-refractivity contribution in [3.8, 4) is 11.8 Å². The first-order valence-corrected chi connectivity index (χ1v) is 9.37. The Morgan fingerprint density at radius 2 is 1.84 bits per heavy atom. The number of carbonyl (C=O) groups excluding carboxylic acids is 1. The van der Waals surface area contributed by atoms with Crippen LogP contribution in [-0.4, -0.2) is 33.1 Å². The zero-order valence-electron chi connectivity index (χ0n) is 16.8. The van der Waals surface area contributed by atoms with Gasteiger partial charge < -0.3 is 19.9 Å². The highest BCUT2D eigenvalue weighted by Gasteiger charge is 2.14. The van der Waals surface area contributed by atoms with Gasteiger partial charge in [0.1, 0.15) is 18.2 Å². The van der Waals surface area contributed by atoms with Crippen molar-refractivity contribution in [3.05, 3.63) is 77.2 Å². The molecule has 0 fully saturated rings. The molecule has 0 saturated carbocycles. The Kier molecular flexibility index (Phi) is 6.76. The Bertz CT molecular complexity index is 1090. The quantitative estimate of drug-likeness (QED) is 0.562. The van der Waals surface area contributed by atoms with Gasteiger partial charge in [-0.2, -0.15) is 4.98 Å². The van der Waals surface area contributed by atoms with Crippen molar-refractivity contribution < 1.29 is 28.6 Å². The van der Waals surface area contributed by atoms with Crippen molar-refractivity contribution in [1.29, 1.82) is 0 Å². The zero-order chi connectivity index (χ0) is 22.4. The van der Waals surface area contributed by atoms with Crippen LogP contribution in [0, 0.1) is 5.82 Å². The van der Waals surface area contributed by atoms with Crippen molar-refractivity contribution in [1.82, 2.24) is 9.97 Å². The summed E-state index contributed by atoms with van der Waals surface area (Å²) in [5.74, 6) is -1.63. The van der Waals surface area contributed by atoms with E-state index in [2.05, 4.69) is 15.3 Å². The van der Waals surface area contributed by atoms with Crippen LogP contribution >= 0.6 is 0 Å². The molecule has 0 aliphatic heterocycles. The molecule has 31 heavy (non-hydrogen) atoms. The summed E-state index contributed by atoms with van der Waals surface area (Å²) in [6, 6.07) is 11.7. The number of nitrogens with one attached hydrogen (secondary N) is 1. The number of aromatic carboxylic acids is 1. The molecule has 2 heterocycles. The maximum absolute atomic E-state index is 13.8. The first kappa shape index (κ1) is 21.7. The number of hydrogen-bond acceptors (Lipinski definition) is 6. The summed E-state index contributed by atoms with van der Waals surface area (Å²) in [6.07, 6.45) is 0.941. The Hall–Kier alpha value is -4.01. The number of aromatic nitrogens is 2. The van der Waals surface area contributed by atoms with Crippen LogP contribution in [0.25, 0.3) is 0 Å². The molecule has 0 spiro atoms. The summed E-state index contributed by atoms with van der Waals surface area (Å²) in [5.41, 5.74) is 0.518. The summed E-state index contributed by atoms with van der Waals surface area (Å²) in [6.45, 7) is 3.54. The Morgan fingerprint density at radius 1 is 1.10 bits per heavy atom. The summed E-state index contributed by atoms with van der Waals surface area (Å²) < 4.78 is 25.0. The number of benzene rings is 1. The van der Waals surface area contributed by atoms with Crippen molar-refractivity contribution in [2.45, 2.75) is 26.6 Å². The summed E-state index contributed by atoms with van der Waals surface area (Å²) >= 11 is 0. The van der Waals surface area contributed by atoms with Crippen LogP contribution in [-0.2, 0) is 6.61 Å². The van der Waals surface area contributed by atoms with Gasteiger partial charge in [-0.15, -0.1) is 0 Å². The smallest absolute Gasteiger partial charge is 0.337 e. The Morgan fingerprint density at radius 3 is 2.48 bits per heavy atom. The monoisotopic (exact) mass is 425 g/mol. The van der Waals surface area contributed by atoms with Gasteiger partial charge in [-0.1, -0.05) is 18.2 Å². The largest absolute Gasteiger partial charge is 0.478 e. The minimum atomic E-state index is -1.12. The van der Waals surface area contributed by atoms with Crippen LogP contribution in [0.2, 0.25) is 0 Å². The second-order valence-corrected chi connectivity index (χ2v) is 6.77. The van der Waals surface area contributed by atoms with Gasteiger partial charge in [0.25, 0.3) is 5.91 Å². The Labute approximate surface area is 177 Å². The van der Waals surface area contributed by atoms with Gasteiger partial charge in [-0.3, -0.25) is 4.79 Å². The van der Waals surface area contributed by atoms with Gasteiger partial charge in [-0.25, -0.2) is 14.2 Å². The van der Waals surface area contributed by atoms with E-state index in [-0.39, 0.29) is 41.4 Å². The lowest BCUT2D eigenvalue weighted by Crippen LogP contribution is -2.15. The SMILES string of the molecule is CC(C)Oc1cc(C(=O)Nc2ccc(C(=O)O)cn2)cc(OCc2ccccc2F)n1. The molecule has 0 bridgehead atoms. The number of halogens is 1. The fourth-order valence-corrected chi connectivity index (χ4v) is 2.54. The molecule has 2 aromatic heterocycles. The maximum Gasteiger partial charge on any atom is 0.337 e. The lowest BCUT2D eigenvalue weighted by molar-refractivity contribution is 0.0696. The molecule has 0 atom stereocenters. The molecule has 0 aliphatic carbocycles. The third-order valence-electron chi connectivity index (χ3n) is 3.98. The zero-order valence-corrected chi connectivity index (χ0v) is 16.8. The third kappa shape index (κ3) is 5.99. The second kappa shape index (κ2) is 9.66. The lowest BCUT2D eigenvalue weighted by atomic mass is 10.2. The Balaban J connectivity index is 1.80. The van der Waals surface area contributed by atoms with E-state index in [0.29, 0.717) is 5.56 Å². The lowest BCUT2D eigenvalue weighted by Gasteiger charge is -2.13. The maximum atomic E-state index is 13.8. The van der Waals surface area contributed by atoms with Crippen LogP contribution in [0.1, 0.15) is 40.1 Å². The number of amides is 1. The van der Waals surface area contributed by atoms with E-state index in [0.717, 1.165) is 6.20 Å². The average molecular weight is 425 g/mol. The number of anilines is 1. The number of carboxylic acids is 1. The van der Waals surface area contributed by atoms with E-state index in [1.165, 1.54) is 30.3 Å². The molecule has 1 aromatic carbocycles. The first-order chi connectivity index (χ1) is 14.8. The number of hydrogen-bond donors (Lipinski definition) is 2. The van der Waals surface area contributed by atoms with Crippen LogP contribution in [0.4, 0.5) is 10.2 Å². The summed E-state index contributed by atoms with van der Waals surface area (Å²) in [5, 5.41) is 11.5. The summed E-state index contributed by atoms with van der Waals surface area (Å²) in [4.78, 5) is 31.7. The number of carbonyl (C=O) groups is 2. The highest BCUT2D eigenvalue weighted by atomic mass is 19.1. The fourth-order valence-electron chi connectivity index (χ4n) is 2.54. The van der Waals surface area contributed by atoms with E-state index in [1.807, 2.05) is 13.8 Å². The van der Waals surface area contributed by atoms with E-state index >= 15 is 0 Å². The number of pyridine rings is 2. The summed E-state index contributed by atoms with van der Waals surface area (Å²) in [7, 11) is 0. The van der Waals surface area contributed by atoms with Gasteiger partial charge in [0.15, 0.2) is 0 Å². The standard InChI is InChI=1S/C22H20FN3O5/c1-13(2)31-20-10-16(21(27)25-18-8-7-14(11-24-18)22(28)29)9-19(26-20)30-12-15-5-3-4-6-17(15)23/h3-11,13H,12H2,1-2H3,(H,28,29)(H,24,25,27). The molecule has 3 aromatic rings. The van der Waals surface area contributed by atoms with Gasteiger partial charge in [0.2, 0.25) is 11.8 Å². The minimum absolute atomic E-state index is 0.00152. The number of nitrogens with zero attached hydrogens (tertiary/aromatic N) is 2. The van der Waals surface area contributed by atoms with Crippen molar-refractivity contribution >= 4 is 17.7 Å². The third-order valence-corrected chi connectivity index (χ3v) is 3.98. The highest BCUT2D eigenvalue weighted by molar-refractivity contribution is 6.04. The molecular weight excluding hydrogens is 405 g/mol. The van der Waals surface area contributed by atoms with Crippen molar-refractivity contribution in [2.24, 2.45) is 0 Å². The molecule has 0 radical (unpaired) electrons. The predicted octanol–water partition coefficient (Wildman–Crippen LogP) is 3.93. The number of rotatable bonds is 8. The molecule has 0 aliphatic rings. The van der Waals surface area contributed by atoms with E-state index in [9.17, 15) is 14.0 Å². The average Bonchev–Trinajstić information content (AvgIpc) is 2.73. The second-order valence-electron chi connectivity index (χ2n) is 6.77. The number of ether oxygens (including phenoxy) is 2. The topological polar surface area (TPSA) is 111 Å². The molecule has 8 nitrogen and oxygen atoms in total. The van der Waals surface area contributed by atoms with Crippen molar-refractivity contribution in [2.75, 3.05) is 5.32 Å². The first-order valence-electron chi connectivity index (χ1n) is 9.37. The highest BCUT2D eigenvalue weighted by Crippen LogP contribution is 2.21. The van der Waals surface area contributed by atoms with E-state index in [4.69, 9.17) is 14.6 Å². The van der Waals surface area contributed by atoms with Crippen molar-refractivity contribution in [3.63, 3.8) is 0 Å². The normalized spacial score (nSPS) is 10.6. The molecule has 0 unspecified atom stereocenters. The van der Waals surface area contributed by atoms with Gasteiger partial charge in [0.05, 0.1) is 17.2 Å². The molecule has 160 valence electrons. The molecule has 9 heteroatoms. The molecule has 3 rings (SSSR count). The van der Waals surface area contributed by atoms with Crippen LogP contribution in [0.15, 0.2) is 54.7 Å². The predicted molar refractivity (Wildman–Crippen MR) is 110 cm³/mol. The van der Waals surface area contributed by atoms with E-state index < -0.39 is 17.7 Å². The molecule has 1 amide bonds. The van der Waals surface area contributed by atoms with Crippen LogP contribution in [0.3, 0.4) is 0 Å². The van der Waals surface area contributed by atoms with Crippen LogP contribution in [0.5, 0.6) is 11.8 Å². The molecule has 0 saturated heterocycles. The van der Waals surface area contributed by atoms with Gasteiger partial charge >= 0.3 is 5.97 Å². The van der Waals surface area contributed by atoms with Gasteiger partial charge in [-0.05, 0) is 32.0 Å². The fraction of sp³-hybridized carbons (Fsp3) is 0.182. The van der Waals surface area contributed by atoms with Gasteiger partial charge in [0, 0.05) is 23.9 Å². The number of carboxylic acid groups (broad SMARTS) is 1. The minimum Gasteiger partial charge on any atom is -0.478 e. The van der Waals surface area contributed by atoms with Crippen LogP contribution < -0.4 is 14.8 Å². The molecular formula is C22H20FN3O5.